The Morgan fingerprint density at radius 1 is 1.11 bits per heavy atom. The van der Waals surface area contributed by atoms with Crippen molar-refractivity contribution in [3.63, 3.8) is 0 Å². The van der Waals surface area contributed by atoms with Crippen LogP contribution < -0.4 is 5.32 Å². The Bertz CT molecular complexity index is 823. The number of nitrogens with one attached hydrogen (secondary N) is 1. The molecule has 2 amide bonds. The maximum absolute atomic E-state index is 12.7. The summed E-state index contributed by atoms with van der Waals surface area (Å²) in [6.45, 7) is 3.09. The van der Waals surface area contributed by atoms with Gasteiger partial charge in [0.2, 0.25) is 5.91 Å². The van der Waals surface area contributed by atoms with Gasteiger partial charge in [-0.25, -0.2) is 4.68 Å². The van der Waals surface area contributed by atoms with Gasteiger partial charge >= 0.3 is 0 Å². The molecule has 1 aromatic heterocycles. The molecule has 1 aromatic carbocycles. The number of hydrogen-bond acceptors (Lipinski definition) is 4. The van der Waals surface area contributed by atoms with Crippen molar-refractivity contribution in [3.05, 3.63) is 46.7 Å². The minimum absolute atomic E-state index is 0.0135. The zero-order chi connectivity index (χ0) is 18.8. The largest absolute Gasteiger partial charge is 0.352 e. The van der Waals surface area contributed by atoms with E-state index in [2.05, 4.69) is 31.2 Å². The molecule has 27 heavy (non-hydrogen) atoms. The number of amides is 2. The highest BCUT2D eigenvalue weighted by Crippen LogP contribution is 2.18. The molecule has 1 aliphatic carbocycles. The van der Waals surface area contributed by atoms with Gasteiger partial charge in [-0.05, 0) is 37.1 Å². The predicted octanol–water partition coefficient (Wildman–Crippen LogP) is 1.67. The number of hydrogen-bond donors (Lipinski definition) is 1. The topological polar surface area (TPSA) is 70.5 Å². The van der Waals surface area contributed by atoms with Crippen LogP contribution in [0.5, 0.6) is 0 Å². The number of halogens is 1. The fraction of sp³-hybridized carbons (Fsp3) is 0.421. The molecular formula is C19H22BrN5O2. The molecular weight excluding hydrogens is 410 g/mol. The van der Waals surface area contributed by atoms with Crippen molar-refractivity contribution < 1.29 is 9.59 Å². The summed E-state index contributed by atoms with van der Waals surface area (Å²) in [7, 11) is 0. The first kappa shape index (κ1) is 18.2. The number of aromatic nitrogens is 2. The maximum atomic E-state index is 12.7. The zero-order valence-electron chi connectivity index (χ0n) is 15.0. The van der Waals surface area contributed by atoms with Gasteiger partial charge in [-0.3, -0.25) is 14.5 Å². The van der Waals surface area contributed by atoms with Crippen molar-refractivity contribution in [1.29, 1.82) is 0 Å². The third kappa shape index (κ3) is 4.56. The van der Waals surface area contributed by atoms with E-state index in [1.807, 2.05) is 29.2 Å². The molecule has 7 nitrogen and oxygen atoms in total. The van der Waals surface area contributed by atoms with Crippen molar-refractivity contribution in [3.8, 4) is 5.69 Å². The Hall–Kier alpha value is -2.19. The fourth-order valence-electron chi connectivity index (χ4n) is 3.16. The van der Waals surface area contributed by atoms with Gasteiger partial charge in [-0.1, -0.05) is 15.9 Å². The van der Waals surface area contributed by atoms with E-state index < -0.39 is 0 Å². The number of rotatable bonds is 5. The van der Waals surface area contributed by atoms with E-state index in [0.29, 0.717) is 44.3 Å². The fourth-order valence-corrected chi connectivity index (χ4v) is 3.43. The maximum Gasteiger partial charge on any atom is 0.257 e. The standard InChI is InChI=1S/C19H22BrN5O2/c20-15-1-5-17(6-2-15)25-12-14(11-21-25)19(27)24-9-7-23(8-10-24)13-18(26)22-16-3-4-16/h1-2,5-6,11-12,16H,3-4,7-10,13H2,(H,22,26). The van der Waals surface area contributed by atoms with Crippen LogP contribution in [0.1, 0.15) is 23.2 Å². The predicted molar refractivity (Wildman–Crippen MR) is 105 cm³/mol. The van der Waals surface area contributed by atoms with Crippen LogP contribution in [0.2, 0.25) is 0 Å². The third-order valence-electron chi connectivity index (χ3n) is 4.89. The van der Waals surface area contributed by atoms with E-state index in [-0.39, 0.29) is 11.8 Å². The lowest BCUT2D eigenvalue weighted by Crippen LogP contribution is -2.51. The summed E-state index contributed by atoms with van der Waals surface area (Å²) >= 11 is 3.41. The summed E-state index contributed by atoms with van der Waals surface area (Å²) < 4.78 is 2.70. The number of carbonyl (C=O) groups excluding carboxylic acids is 2. The lowest BCUT2D eigenvalue weighted by atomic mass is 10.2. The van der Waals surface area contributed by atoms with Gasteiger partial charge in [0.1, 0.15) is 0 Å². The average molecular weight is 432 g/mol. The second kappa shape index (κ2) is 7.82. The molecule has 2 aromatic rings. The SMILES string of the molecule is O=C(CN1CCN(C(=O)c2cnn(-c3ccc(Br)cc3)c2)CC1)NC1CC1. The smallest absolute Gasteiger partial charge is 0.257 e. The highest BCUT2D eigenvalue weighted by Gasteiger charge is 2.27. The molecule has 0 spiro atoms. The molecule has 0 unspecified atom stereocenters. The van der Waals surface area contributed by atoms with Crippen LogP contribution in [0, 0.1) is 0 Å². The summed E-state index contributed by atoms with van der Waals surface area (Å²) in [6, 6.07) is 8.16. The molecule has 2 fully saturated rings. The zero-order valence-corrected chi connectivity index (χ0v) is 16.6. The Labute approximate surface area is 166 Å². The van der Waals surface area contributed by atoms with Gasteiger partial charge in [0, 0.05) is 42.9 Å². The van der Waals surface area contributed by atoms with Crippen LogP contribution in [0.3, 0.4) is 0 Å². The third-order valence-corrected chi connectivity index (χ3v) is 5.42. The average Bonchev–Trinajstić information content (AvgIpc) is 3.34. The van der Waals surface area contributed by atoms with Crippen molar-refractivity contribution in [1.82, 2.24) is 24.9 Å². The highest BCUT2D eigenvalue weighted by atomic mass is 79.9. The summed E-state index contributed by atoms with van der Waals surface area (Å²) in [5.74, 6) is 0.0773. The number of piperazine rings is 1. The molecule has 0 atom stereocenters. The van der Waals surface area contributed by atoms with Gasteiger partial charge in [0.05, 0.1) is 24.0 Å². The van der Waals surface area contributed by atoms with Gasteiger partial charge < -0.3 is 10.2 Å². The summed E-state index contributed by atoms with van der Waals surface area (Å²) in [5, 5.41) is 7.32. The second-order valence-corrected chi connectivity index (χ2v) is 7.98. The van der Waals surface area contributed by atoms with Gasteiger partial charge in [0.25, 0.3) is 5.91 Å². The van der Waals surface area contributed by atoms with Crippen molar-refractivity contribution in [2.45, 2.75) is 18.9 Å². The monoisotopic (exact) mass is 431 g/mol. The van der Waals surface area contributed by atoms with Crippen molar-refractivity contribution >= 4 is 27.7 Å². The molecule has 1 saturated heterocycles. The molecule has 0 bridgehead atoms. The van der Waals surface area contributed by atoms with E-state index in [1.54, 1.807) is 17.1 Å². The Morgan fingerprint density at radius 2 is 1.81 bits per heavy atom. The van der Waals surface area contributed by atoms with Crippen LogP contribution in [0.15, 0.2) is 41.1 Å². The van der Waals surface area contributed by atoms with Crippen molar-refractivity contribution in [2.24, 2.45) is 0 Å². The van der Waals surface area contributed by atoms with Gasteiger partial charge in [0.15, 0.2) is 0 Å². The molecule has 1 aliphatic heterocycles. The van der Waals surface area contributed by atoms with Crippen LogP contribution in [-0.2, 0) is 4.79 Å². The Kier molecular flexibility index (Phi) is 5.27. The number of carbonyl (C=O) groups is 2. The van der Waals surface area contributed by atoms with E-state index in [0.717, 1.165) is 23.0 Å². The molecule has 2 aliphatic rings. The second-order valence-electron chi connectivity index (χ2n) is 7.06. The molecule has 1 saturated carbocycles. The van der Waals surface area contributed by atoms with Crippen LogP contribution in [0.25, 0.3) is 5.69 Å². The minimum Gasteiger partial charge on any atom is -0.352 e. The summed E-state index contributed by atoms with van der Waals surface area (Å²) in [5.41, 5.74) is 1.49. The minimum atomic E-state index is -0.0135. The van der Waals surface area contributed by atoms with Crippen LogP contribution >= 0.6 is 15.9 Å². The first-order valence-corrected chi connectivity index (χ1v) is 9.99. The summed E-state index contributed by atoms with van der Waals surface area (Å²) in [4.78, 5) is 28.6. The Morgan fingerprint density at radius 3 is 2.48 bits per heavy atom. The van der Waals surface area contributed by atoms with Gasteiger partial charge in [-0.15, -0.1) is 0 Å². The van der Waals surface area contributed by atoms with Gasteiger partial charge in [-0.2, -0.15) is 5.10 Å². The molecule has 1 N–H and O–H groups in total. The normalized spacial score (nSPS) is 17.7. The van der Waals surface area contributed by atoms with E-state index in [1.165, 1.54) is 0 Å². The van der Waals surface area contributed by atoms with E-state index in [9.17, 15) is 9.59 Å². The van der Waals surface area contributed by atoms with Crippen LogP contribution in [-0.4, -0.2) is 70.2 Å². The highest BCUT2D eigenvalue weighted by molar-refractivity contribution is 9.10. The number of nitrogens with zero attached hydrogens (tertiary/aromatic N) is 4. The lowest BCUT2D eigenvalue weighted by molar-refractivity contribution is -0.122. The first-order valence-electron chi connectivity index (χ1n) is 9.20. The molecule has 142 valence electrons. The quantitative estimate of drug-likeness (QED) is 0.781. The molecule has 8 heteroatoms. The lowest BCUT2D eigenvalue weighted by Gasteiger charge is -2.34. The van der Waals surface area contributed by atoms with Crippen molar-refractivity contribution in [2.75, 3.05) is 32.7 Å². The molecule has 0 radical (unpaired) electrons. The van der Waals surface area contributed by atoms with Crippen LogP contribution in [0.4, 0.5) is 0 Å². The molecule has 4 rings (SSSR count). The number of benzene rings is 1. The molecule has 2 heterocycles. The summed E-state index contributed by atoms with van der Waals surface area (Å²) in [6.07, 6.45) is 5.57. The Balaban J connectivity index is 1.31. The van der Waals surface area contributed by atoms with E-state index >= 15 is 0 Å². The van der Waals surface area contributed by atoms with E-state index in [4.69, 9.17) is 0 Å². The first-order chi connectivity index (χ1) is 13.1.